The lowest BCUT2D eigenvalue weighted by atomic mass is 10.4. The fourth-order valence-corrected chi connectivity index (χ4v) is 1.99. The summed E-state index contributed by atoms with van der Waals surface area (Å²) in [6.45, 7) is 6.41. The van der Waals surface area contributed by atoms with Crippen LogP contribution in [0.3, 0.4) is 0 Å². The first kappa shape index (κ1) is 17.4. The molecule has 0 fully saturated rings. The van der Waals surface area contributed by atoms with E-state index >= 15 is 0 Å². The lowest BCUT2D eigenvalue weighted by Crippen LogP contribution is -2.46. The zero-order valence-electron chi connectivity index (χ0n) is 11.9. The summed E-state index contributed by atoms with van der Waals surface area (Å²) in [6.07, 6.45) is 0.955. The van der Waals surface area contributed by atoms with Crippen molar-refractivity contribution in [2.45, 2.75) is 6.42 Å². The second kappa shape index (κ2) is 10.2. The molecular formula is C12H24IN5O2. The number of guanidine groups is 2. The summed E-state index contributed by atoms with van der Waals surface area (Å²) in [4.78, 5) is 11.0. The highest BCUT2D eigenvalue weighted by molar-refractivity contribution is 14.0. The molecule has 0 amide bonds. The zero-order chi connectivity index (χ0) is 13.3. The molecule has 20 heavy (non-hydrogen) atoms. The van der Waals surface area contributed by atoms with Gasteiger partial charge in [-0.25, -0.2) is 0 Å². The number of hydrogen-bond donors (Lipinski definition) is 2. The van der Waals surface area contributed by atoms with Crippen molar-refractivity contribution in [2.24, 2.45) is 9.98 Å². The van der Waals surface area contributed by atoms with Crippen molar-refractivity contribution in [1.29, 1.82) is 0 Å². The summed E-state index contributed by atoms with van der Waals surface area (Å²) in [5.74, 6) is 1.87. The predicted molar refractivity (Wildman–Crippen MR) is 90.0 cm³/mol. The fourth-order valence-electron chi connectivity index (χ4n) is 1.99. The largest absolute Gasteiger partial charge is 0.382 e. The van der Waals surface area contributed by atoms with Crippen molar-refractivity contribution in [1.82, 2.24) is 15.5 Å². The van der Waals surface area contributed by atoms with Gasteiger partial charge in [-0.05, 0) is 6.42 Å². The Hall–Kier alpha value is -0.610. The van der Waals surface area contributed by atoms with Crippen LogP contribution in [0.15, 0.2) is 9.98 Å². The van der Waals surface area contributed by atoms with Crippen LogP contribution in [0.5, 0.6) is 0 Å². The Kier molecular flexibility index (Phi) is 8.86. The van der Waals surface area contributed by atoms with Crippen molar-refractivity contribution < 1.29 is 9.47 Å². The molecule has 0 unspecified atom stereocenters. The summed E-state index contributed by atoms with van der Waals surface area (Å²) in [7, 11) is 1.68. The molecule has 2 N–H and O–H groups in total. The SMILES string of the molecule is COCCOCCCNC1=NCCN1C1=NCCN1.I. The Balaban J connectivity index is 0.00000200. The van der Waals surface area contributed by atoms with E-state index < -0.39 is 0 Å². The van der Waals surface area contributed by atoms with Crippen molar-refractivity contribution in [3.8, 4) is 0 Å². The summed E-state index contributed by atoms with van der Waals surface area (Å²) >= 11 is 0. The van der Waals surface area contributed by atoms with E-state index in [0.29, 0.717) is 13.2 Å². The molecular weight excluding hydrogens is 373 g/mol. The Morgan fingerprint density at radius 2 is 2.15 bits per heavy atom. The molecule has 0 aliphatic carbocycles. The van der Waals surface area contributed by atoms with Crippen molar-refractivity contribution in [3.05, 3.63) is 0 Å². The molecule has 0 aromatic rings. The van der Waals surface area contributed by atoms with E-state index in [0.717, 1.165) is 57.7 Å². The van der Waals surface area contributed by atoms with Crippen LogP contribution in [0.1, 0.15) is 6.42 Å². The normalized spacial score (nSPS) is 17.4. The van der Waals surface area contributed by atoms with Gasteiger partial charge in [0.15, 0.2) is 0 Å². The minimum Gasteiger partial charge on any atom is -0.382 e. The summed E-state index contributed by atoms with van der Waals surface area (Å²) in [5.41, 5.74) is 0. The minimum atomic E-state index is 0. The van der Waals surface area contributed by atoms with Gasteiger partial charge in [0.25, 0.3) is 0 Å². The number of hydrogen-bond acceptors (Lipinski definition) is 7. The van der Waals surface area contributed by atoms with Crippen LogP contribution in [0.4, 0.5) is 0 Å². The standard InChI is InChI=1S/C12H23N5O2.HI/c1-18-9-10-19-8-2-3-13-11-16-6-7-17(11)12-14-4-5-15-12;/h2-10H2,1H3,(H,13,16)(H,14,15);1H. The Bertz CT molecular complexity index is 338. The van der Waals surface area contributed by atoms with Crippen LogP contribution in [0.25, 0.3) is 0 Å². The Morgan fingerprint density at radius 1 is 1.25 bits per heavy atom. The maximum absolute atomic E-state index is 5.41. The van der Waals surface area contributed by atoms with Crippen LogP contribution >= 0.6 is 24.0 Å². The van der Waals surface area contributed by atoms with E-state index in [1.54, 1.807) is 7.11 Å². The van der Waals surface area contributed by atoms with E-state index in [-0.39, 0.29) is 24.0 Å². The maximum Gasteiger partial charge on any atom is 0.201 e. The quantitative estimate of drug-likeness (QED) is 0.463. The molecule has 0 aromatic carbocycles. The summed E-state index contributed by atoms with van der Waals surface area (Å²) in [5, 5.41) is 6.61. The Labute approximate surface area is 137 Å². The third-order valence-electron chi connectivity index (χ3n) is 2.93. The highest BCUT2D eigenvalue weighted by Gasteiger charge is 2.23. The number of methoxy groups -OCH3 is 1. The maximum atomic E-state index is 5.41. The predicted octanol–water partition coefficient (Wildman–Crippen LogP) is -0.122. The van der Waals surface area contributed by atoms with Gasteiger partial charge in [-0.1, -0.05) is 0 Å². The third kappa shape index (κ3) is 5.41. The zero-order valence-corrected chi connectivity index (χ0v) is 14.3. The van der Waals surface area contributed by atoms with E-state index in [2.05, 4.69) is 25.5 Å². The monoisotopic (exact) mass is 397 g/mol. The number of nitrogens with one attached hydrogen (secondary N) is 2. The van der Waals surface area contributed by atoms with E-state index in [9.17, 15) is 0 Å². The molecule has 2 rings (SSSR count). The van der Waals surface area contributed by atoms with Gasteiger partial charge >= 0.3 is 0 Å². The van der Waals surface area contributed by atoms with Crippen molar-refractivity contribution >= 4 is 35.9 Å². The van der Waals surface area contributed by atoms with Gasteiger partial charge in [-0.15, -0.1) is 24.0 Å². The van der Waals surface area contributed by atoms with Gasteiger partial charge in [0.05, 0.1) is 26.3 Å². The molecule has 0 aromatic heterocycles. The Morgan fingerprint density at radius 3 is 2.90 bits per heavy atom. The van der Waals surface area contributed by atoms with Crippen molar-refractivity contribution in [3.63, 3.8) is 0 Å². The van der Waals surface area contributed by atoms with Gasteiger partial charge < -0.3 is 20.1 Å². The summed E-state index contributed by atoms with van der Waals surface area (Å²) in [6, 6.07) is 0. The highest BCUT2D eigenvalue weighted by atomic mass is 127. The molecule has 0 radical (unpaired) electrons. The molecule has 0 saturated heterocycles. The van der Waals surface area contributed by atoms with Gasteiger partial charge in [0.1, 0.15) is 0 Å². The molecule has 2 heterocycles. The molecule has 0 bridgehead atoms. The van der Waals surface area contributed by atoms with Gasteiger partial charge in [0, 0.05) is 33.4 Å². The molecule has 0 atom stereocenters. The molecule has 0 spiro atoms. The second-order valence-corrected chi connectivity index (χ2v) is 4.37. The first-order valence-electron chi connectivity index (χ1n) is 6.82. The number of ether oxygens (including phenoxy) is 2. The lowest BCUT2D eigenvalue weighted by molar-refractivity contribution is 0.0698. The smallest absolute Gasteiger partial charge is 0.201 e. The van der Waals surface area contributed by atoms with E-state index in [1.165, 1.54) is 0 Å². The lowest BCUT2D eigenvalue weighted by Gasteiger charge is -2.20. The second-order valence-electron chi connectivity index (χ2n) is 4.37. The number of halogens is 1. The highest BCUT2D eigenvalue weighted by Crippen LogP contribution is 2.02. The molecule has 116 valence electrons. The first-order valence-corrected chi connectivity index (χ1v) is 6.82. The van der Waals surface area contributed by atoms with Gasteiger partial charge in [-0.3, -0.25) is 14.9 Å². The van der Waals surface area contributed by atoms with Gasteiger partial charge in [-0.2, -0.15) is 0 Å². The van der Waals surface area contributed by atoms with Crippen LogP contribution < -0.4 is 10.6 Å². The molecule has 0 saturated carbocycles. The van der Waals surface area contributed by atoms with Crippen LogP contribution in [0, 0.1) is 0 Å². The van der Waals surface area contributed by atoms with Crippen molar-refractivity contribution in [2.75, 3.05) is 59.7 Å². The number of rotatable bonds is 7. The average molecular weight is 397 g/mol. The summed E-state index contributed by atoms with van der Waals surface area (Å²) < 4.78 is 10.3. The number of aliphatic imine (C=N–C) groups is 2. The fraction of sp³-hybridized carbons (Fsp3) is 0.833. The molecule has 2 aliphatic heterocycles. The average Bonchev–Trinajstić information content (AvgIpc) is 3.08. The van der Waals surface area contributed by atoms with Gasteiger partial charge in [0.2, 0.25) is 11.9 Å². The van der Waals surface area contributed by atoms with Crippen LogP contribution in [0.2, 0.25) is 0 Å². The van der Waals surface area contributed by atoms with E-state index in [1.807, 2.05) is 0 Å². The van der Waals surface area contributed by atoms with Crippen LogP contribution in [-0.2, 0) is 9.47 Å². The molecule has 8 heteroatoms. The third-order valence-corrected chi connectivity index (χ3v) is 2.93. The molecule has 2 aliphatic rings. The molecule has 7 nitrogen and oxygen atoms in total. The number of nitrogens with zero attached hydrogens (tertiary/aromatic N) is 3. The minimum absolute atomic E-state index is 0. The topological polar surface area (TPSA) is 70.5 Å². The van der Waals surface area contributed by atoms with Crippen LogP contribution in [-0.4, -0.2) is 76.5 Å². The van der Waals surface area contributed by atoms with E-state index in [4.69, 9.17) is 9.47 Å². The first-order chi connectivity index (χ1) is 9.42.